The van der Waals surface area contributed by atoms with Crippen molar-refractivity contribution in [3.8, 4) is 0 Å². The molecule has 0 aliphatic carbocycles. The van der Waals surface area contributed by atoms with Gasteiger partial charge in [-0.3, -0.25) is 0 Å². The van der Waals surface area contributed by atoms with Crippen molar-refractivity contribution in [1.82, 2.24) is 5.32 Å². The van der Waals surface area contributed by atoms with E-state index < -0.39 is 0 Å². The van der Waals surface area contributed by atoms with Gasteiger partial charge in [0.15, 0.2) is 0 Å². The molecule has 1 aromatic carbocycles. The van der Waals surface area contributed by atoms with Gasteiger partial charge in [0, 0.05) is 23.2 Å². The maximum absolute atomic E-state index is 5.56. The van der Waals surface area contributed by atoms with E-state index in [0.717, 1.165) is 13.0 Å². The molecule has 0 aromatic heterocycles. The molecule has 3 atom stereocenters. The number of ether oxygens (including phenoxy) is 1. The molecule has 2 unspecified atom stereocenters. The first-order chi connectivity index (χ1) is 7.68. The summed E-state index contributed by atoms with van der Waals surface area (Å²) in [5, 5.41) is 3.63. The van der Waals surface area contributed by atoms with Gasteiger partial charge in [-0.1, -0.05) is 34.1 Å². The minimum atomic E-state index is 0.324. The van der Waals surface area contributed by atoms with Gasteiger partial charge in [0.2, 0.25) is 0 Å². The van der Waals surface area contributed by atoms with Gasteiger partial charge in [-0.15, -0.1) is 0 Å². The zero-order valence-corrected chi connectivity index (χ0v) is 11.3. The van der Waals surface area contributed by atoms with E-state index in [0.29, 0.717) is 18.2 Å². The quantitative estimate of drug-likeness (QED) is 0.919. The van der Waals surface area contributed by atoms with Crippen molar-refractivity contribution in [2.45, 2.75) is 38.5 Å². The summed E-state index contributed by atoms with van der Waals surface area (Å²) < 4.78 is 6.73. The molecule has 3 heteroatoms. The van der Waals surface area contributed by atoms with Gasteiger partial charge in [-0.05, 0) is 31.9 Å². The first-order valence-electron chi connectivity index (χ1n) is 5.80. The van der Waals surface area contributed by atoms with Gasteiger partial charge in [-0.2, -0.15) is 0 Å². The Hall–Kier alpha value is -0.380. The van der Waals surface area contributed by atoms with Crippen LogP contribution >= 0.6 is 15.9 Å². The topological polar surface area (TPSA) is 21.3 Å². The van der Waals surface area contributed by atoms with Crippen LogP contribution in [-0.2, 0) is 4.74 Å². The molecule has 2 rings (SSSR count). The zero-order valence-electron chi connectivity index (χ0n) is 9.74. The van der Waals surface area contributed by atoms with E-state index in [1.54, 1.807) is 0 Å². The van der Waals surface area contributed by atoms with E-state index in [1.807, 2.05) is 6.07 Å². The Balaban J connectivity index is 2.03. The Kier molecular flexibility index (Phi) is 4.00. The Morgan fingerprint density at radius 2 is 2.19 bits per heavy atom. The van der Waals surface area contributed by atoms with Crippen molar-refractivity contribution < 1.29 is 4.74 Å². The maximum Gasteiger partial charge on any atom is 0.0700 e. The van der Waals surface area contributed by atoms with E-state index in [-0.39, 0.29) is 0 Å². The smallest absolute Gasteiger partial charge is 0.0700 e. The highest BCUT2D eigenvalue weighted by molar-refractivity contribution is 9.10. The molecule has 88 valence electrons. The van der Waals surface area contributed by atoms with Crippen molar-refractivity contribution >= 4 is 15.9 Å². The lowest BCUT2D eigenvalue weighted by Crippen LogP contribution is -2.36. The number of hydrogen-bond acceptors (Lipinski definition) is 2. The Bertz CT molecular complexity index is 356. The van der Waals surface area contributed by atoms with Crippen LogP contribution in [0.5, 0.6) is 0 Å². The maximum atomic E-state index is 5.56. The molecule has 1 aliphatic heterocycles. The van der Waals surface area contributed by atoms with Gasteiger partial charge in [0.25, 0.3) is 0 Å². The first-order valence-corrected chi connectivity index (χ1v) is 6.60. The lowest BCUT2D eigenvalue weighted by Gasteiger charge is -2.22. The summed E-state index contributed by atoms with van der Waals surface area (Å²) in [6.07, 6.45) is 1.43. The van der Waals surface area contributed by atoms with Crippen LogP contribution in [0.25, 0.3) is 0 Å². The standard InChI is InChI=1S/C13H18BrNO/c1-9(11-5-3-4-6-12(11)14)15-13-7-8-16-10(13)2/h3-6,9-10,13,15H,7-8H2,1-2H3/t9-,10?,13?/m0/s1. The molecule has 1 saturated heterocycles. The predicted octanol–water partition coefficient (Wildman–Crippen LogP) is 3.28. The predicted molar refractivity (Wildman–Crippen MR) is 69.5 cm³/mol. The van der Waals surface area contributed by atoms with Gasteiger partial charge >= 0.3 is 0 Å². The second kappa shape index (κ2) is 5.30. The molecule has 2 nitrogen and oxygen atoms in total. The van der Waals surface area contributed by atoms with Crippen LogP contribution in [0.4, 0.5) is 0 Å². The Labute approximate surface area is 106 Å². The highest BCUT2D eigenvalue weighted by Crippen LogP contribution is 2.25. The van der Waals surface area contributed by atoms with Crippen LogP contribution in [0.1, 0.15) is 31.9 Å². The van der Waals surface area contributed by atoms with E-state index in [4.69, 9.17) is 4.74 Å². The summed E-state index contributed by atoms with van der Waals surface area (Å²) >= 11 is 3.59. The van der Waals surface area contributed by atoms with Crippen LogP contribution < -0.4 is 5.32 Å². The van der Waals surface area contributed by atoms with E-state index in [1.165, 1.54) is 10.0 Å². The third-order valence-corrected chi connectivity index (χ3v) is 3.93. The van der Waals surface area contributed by atoms with Gasteiger partial charge in [0.1, 0.15) is 0 Å². The van der Waals surface area contributed by atoms with E-state index >= 15 is 0 Å². The molecule has 0 bridgehead atoms. The van der Waals surface area contributed by atoms with Gasteiger partial charge in [0.05, 0.1) is 6.10 Å². The van der Waals surface area contributed by atoms with E-state index in [2.05, 4.69) is 53.3 Å². The second-order valence-electron chi connectivity index (χ2n) is 4.38. The Morgan fingerprint density at radius 3 is 2.81 bits per heavy atom. The summed E-state index contributed by atoms with van der Waals surface area (Å²) in [6.45, 7) is 5.21. The average molecular weight is 284 g/mol. The van der Waals surface area contributed by atoms with Crippen LogP contribution in [0, 0.1) is 0 Å². The SMILES string of the molecule is CC1OCCC1N[C@@H](C)c1ccccc1Br. The number of benzene rings is 1. The summed E-state index contributed by atoms with van der Waals surface area (Å²) in [5.41, 5.74) is 1.31. The van der Waals surface area contributed by atoms with Crippen molar-refractivity contribution in [3.05, 3.63) is 34.3 Å². The van der Waals surface area contributed by atoms with Gasteiger partial charge in [-0.25, -0.2) is 0 Å². The summed E-state index contributed by atoms with van der Waals surface area (Å²) in [5.74, 6) is 0. The number of nitrogens with one attached hydrogen (secondary N) is 1. The summed E-state index contributed by atoms with van der Waals surface area (Å²) in [4.78, 5) is 0. The summed E-state index contributed by atoms with van der Waals surface area (Å²) in [6, 6.07) is 9.19. The molecule has 1 fully saturated rings. The highest BCUT2D eigenvalue weighted by Gasteiger charge is 2.25. The van der Waals surface area contributed by atoms with Crippen LogP contribution in [0.2, 0.25) is 0 Å². The monoisotopic (exact) mass is 283 g/mol. The highest BCUT2D eigenvalue weighted by atomic mass is 79.9. The molecule has 16 heavy (non-hydrogen) atoms. The van der Waals surface area contributed by atoms with Crippen LogP contribution in [0.3, 0.4) is 0 Å². The van der Waals surface area contributed by atoms with Crippen LogP contribution in [0.15, 0.2) is 28.7 Å². The molecular weight excluding hydrogens is 266 g/mol. The molecule has 1 N–H and O–H groups in total. The fraction of sp³-hybridized carbons (Fsp3) is 0.538. The number of halogens is 1. The number of hydrogen-bond donors (Lipinski definition) is 1. The second-order valence-corrected chi connectivity index (χ2v) is 5.24. The Morgan fingerprint density at radius 1 is 1.44 bits per heavy atom. The van der Waals surface area contributed by atoms with E-state index in [9.17, 15) is 0 Å². The third-order valence-electron chi connectivity index (χ3n) is 3.21. The van der Waals surface area contributed by atoms with Crippen molar-refractivity contribution in [2.75, 3.05) is 6.61 Å². The molecule has 0 amide bonds. The van der Waals surface area contributed by atoms with Crippen molar-refractivity contribution in [2.24, 2.45) is 0 Å². The number of rotatable bonds is 3. The molecule has 1 heterocycles. The largest absolute Gasteiger partial charge is 0.377 e. The molecule has 0 spiro atoms. The zero-order chi connectivity index (χ0) is 11.5. The molecule has 1 aliphatic rings. The normalized spacial score (nSPS) is 26.9. The molecule has 1 aromatic rings. The average Bonchev–Trinajstić information content (AvgIpc) is 2.65. The van der Waals surface area contributed by atoms with Crippen molar-refractivity contribution in [1.29, 1.82) is 0 Å². The van der Waals surface area contributed by atoms with Gasteiger partial charge < -0.3 is 10.1 Å². The molecule has 0 radical (unpaired) electrons. The molecule has 0 saturated carbocycles. The minimum Gasteiger partial charge on any atom is -0.377 e. The lowest BCUT2D eigenvalue weighted by atomic mass is 10.1. The third kappa shape index (κ3) is 2.65. The summed E-state index contributed by atoms with van der Waals surface area (Å²) in [7, 11) is 0. The molecular formula is C13H18BrNO. The van der Waals surface area contributed by atoms with Crippen LogP contribution in [-0.4, -0.2) is 18.8 Å². The first kappa shape index (κ1) is 12.1. The van der Waals surface area contributed by atoms with Crippen molar-refractivity contribution in [3.63, 3.8) is 0 Å². The minimum absolute atomic E-state index is 0.324. The lowest BCUT2D eigenvalue weighted by molar-refractivity contribution is 0.111. The fourth-order valence-electron chi connectivity index (χ4n) is 2.19. The fourth-order valence-corrected chi connectivity index (χ4v) is 2.82.